The Labute approximate surface area is 218 Å². The number of hydrogen-bond acceptors (Lipinski definition) is 14. The zero-order valence-corrected chi connectivity index (χ0v) is 20.9. The number of ketones is 1. The number of aliphatic hydroxyl groups is 8. The van der Waals surface area contributed by atoms with Gasteiger partial charge >= 0.3 is 0 Å². The Bertz CT molecular complexity index is 885. The quantitative estimate of drug-likeness (QED) is 0.1000. The molecule has 0 bridgehead atoms. The molecule has 0 aromatic heterocycles. The average molecular weight is 549 g/mol. The first-order valence-electron chi connectivity index (χ1n) is 12.1. The van der Waals surface area contributed by atoms with E-state index in [1.54, 1.807) is 0 Å². The van der Waals surface area contributed by atoms with E-state index in [4.69, 9.17) is 23.7 Å². The van der Waals surface area contributed by atoms with Gasteiger partial charge in [0.2, 0.25) is 0 Å². The van der Waals surface area contributed by atoms with Crippen LogP contribution in [-0.4, -0.2) is 140 Å². The molecule has 14 heteroatoms. The van der Waals surface area contributed by atoms with Crippen molar-refractivity contribution in [1.82, 2.24) is 0 Å². The number of aliphatic hydroxyl groups excluding tert-OH is 7. The summed E-state index contributed by atoms with van der Waals surface area (Å²) in [7, 11) is 0. The minimum atomic E-state index is -1.76. The van der Waals surface area contributed by atoms with Crippen molar-refractivity contribution < 1.29 is 69.3 Å². The number of hydrogen-bond donors (Lipinski definition) is 8. The van der Waals surface area contributed by atoms with Crippen molar-refractivity contribution in [3.8, 4) is 5.75 Å². The lowest BCUT2D eigenvalue weighted by Crippen LogP contribution is -2.64. The fourth-order valence-corrected chi connectivity index (χ4v) is 4.07. The standard InChI is InChI=1S/C24H36O14/c1-24(2,33)21(32)11-3-5-12(6-4-11)34-7-8-35-22-19(31)17(29)20(14(10-26)37-22)38-23-18(30)16(28)15(27)13(9-25)36-23/h3-6,13-20,22-23,25-31,33H,7-10H2,1-2H3/t13-,14-,15-,16+,17-,18-,19-,20-,22-,23+/m1/s1. The second kappa shape index (κ2) is 13.0. The predicted molar refractivity (Wildman–Crippen MR) is 125 cm³/mol. The summed E-state index contributed by atoms with van der Waals surface area (Å²) in [6.45, 7) is 1.30. The predicted octanol–water partition coefficient (Wildman–Crippen LogP) is -3.34. The third-order valence-electron chi connectivity index (χ3n) is 6.27. The third kappa shape index (κ3) is 7.04. The Morgan fingerprint density at radius 3 is 1.97 bits per heavy atom. The molecule has 0 aliphatic carbocycles. The molecule has 3 rings (SSSR count). The van der Waals surface area contributed by atoms with Crippen molar-refractivity contribution in [1.29, 1.82) is 0 Å². The summed E-state index contributed by atoms with van der Waals surface area (Å²) >= 11 is 0. The number of Topliss-reactive ketones (excluding diaryl/α,β-unsaturated/α-hetero) is 1. The van der Waals surface area contributed by atoms with E-state index in [-0.39, 0.29) is 13.2 Å². The molecule has 8 N–H and O–H groups in total. The van der Waals surface area contributed by atoms with E-state index < -0.39 is 86.0 Å². The van der Waals surface area contributed by atoms with Crippen molar-refractivity contribution >= 4 is 5.78 Å². The van der Waals surface area contributed by atoms with Gasteiger partial charge in [0.1, 0.15) is 66.8 Å². The highest BCUT2D eigenvalue weighted by atomic mass is 16.7. The average Bonchev–Trinajstić information content (AvgIpc) is 2.89. The van der Waals surface area contributed by atoms with Crippen LogP contribution in [0.15, 0.2) is 24.3 Å². The number of rotatable bonds is 11. The van der Waals surface area contributed by atoms with Gasteiger partial charge in [-0.3, -0.25) is 4.79 Å². The second-order valence-corrected chi connectivity index (χ2v) is 9.64. The lowest BCUT2D eigenvalue weighted by Gasteiger charge is -2.45. The van der Waals surface area contributed by atoms with Crippen LogP contribution in [0.25, 0.3) is 0 Å². The van der Waals surface area contributed by atoms with Crippen LogP contribution < -0.4 is 4.74 Å². The van der Waals surface area contributed by atoms with Gasteiger partial charge in [-0.2, -0.15) is 0 Å². The molecule has 216 valence electrons. The number of carbonyl (C=O) groups is 1. The minimum Gasteiger partial charge on any atom is -0.491 e. The Morgan fingerprint density at radius 1 is 0.816 bits per heavy atom. The summed E-state index contributed by atoms with van der Waals surface area (Å²) < 4.78 is 27.2. The van der Waals surface area contributed by atoms with E-state index in [9.17, 15) is 45.6 Å². The smallest absolute Gasteiger partial charge is 0.193 e. The van der Waals surface area contributed by atoms with E-state index >= 15 is 0 Å². The third-order valence-corrected chi connectivity index (χ3v) is 6.27. The molecule has 0 spiro atoms. The van der Waals surface area contributed by atoms with Gasteiger partial charge in [-0.25, -0.2) is 0 Å². The first-order chi connectivity index (χ1) is 17.9. The Hall–Kier alpha value is -1.79. The molecule has 0 unspecified atom stereocenters. The minimum absolute atomic E-state index is 0.00392. The van der Waals surface area contributed by atoms with E-state index in [0.29, 0.717) is 11.3 Å². The highest BCUT2D eigenvalue weighted by Gasteiger charge is 2.50. The van der Waals surface area contributed by atoms with Crippen molar-refractivity contribution in [2.75, 3.05) is 26.4 Å². The monoisotopic (exact) mass is 548 g/mol. The van der Waals surface area contributed by atoms with Crippen LogP contribution in [-0.2, 0) is 18.9 Å². The normalized spacial score (nSPS) is 36.2. The van der Waals surface area contributed by atoms with E-state index in [0.717, 1.165) is 0 Å². The summed E-state index contributed by atoms with van der Waals surface area (Å²) in [5, 5.41) is 80.0. The molecule has 2 saturated heterocycles. The molecule has 2 heterocycles. The summed E-state index contributed by atoms with van der Waals surface area (Å²) in [5.74, 6) is -0.0334. The van der Waals surface area contributed by atoms with Crippen LogP contribution >= 0.6 is 0 Å². The van der Waals surface area contributed by atoms with Gasteiger partial charge in [-0.15, -0.1) is 0 Å². The molecule has 0 radical (unpaired) electrons. The summed E-state index contributed by atoms with van der Waals surface area (Å²) in [4.78, 5) is 12.1. The van der Waals surface area contributed by atoms with Gasteiger partial charge in [0.15, 0.2) is 18.4 Å². The molecular formula is C24H36O14. The second-order valence-electron chi connectivity index (χ2n) is 9.64. The van der Waals surface area contributed by atoms with Crippen molar-refractivity contribution in [3.63, 3.8) is 0 Å². The summed E-state index contributed by atoms with van der Waals surface area (Å²) in [5.41, 5.74) is -1.20. The highest BCUT2D eigenvalue weighted by Crippen LogP contribution is 2.29. The number of benzene rings is 1. The first-order valence-corrected chi connectivity index (χ1v) is 12.1. The van der Waals surface area contributed by atoms with Crippen LogP contribution in [0.1, 0.15) is 24.2 Å². The van der Waals surface area contributed by atoms with Crippen LogP contribution in [0.4, 0.5) is 0 Å². The van der Waals surface area contributed by atoms with E-state index in [2.05, 4.69) is 0 Å². The topological polar surface area (TPSA) is 225 Å². The Balaban J connectivity index is 1.52. The van der Waals surface area contributed by atoms with Gasteiger partial charge in [0, 0.05) is 5.56 Å². The van der Waals surface area contributed by atoms with Crippen LogP contribution in [0.5, 0.6) is 5.75 Å². The van der Waals surface area contributed by atoms with Crippen molar-refractivity contribution in [2.45, 2.75) is 80.9 Å². The fraction of sp³-hybridized carbons (Fsp3) is 0.708. The summed E-state index contributed by atoms with van der Waals surface area (Å²) in [6.07, 6.45) is -15.4. The zero-order chi connectivity index (χ0) is 28.2. The Morgan fingerprint density at radius 2 is 1.39 bits per heavy atom. The van der Waals surface area contributed by atoms with Gasteiger partial charge in [0.05, 0.1) is 19.8 Å². The number of ether oxygens (including phenoxy) is 5. The maximum absolute atomic E-state index is 12.1. The molecule has 1 aromatic carbocycles. The van der Waals surface area contributed by atoms with Crippen LogP contribution in [0.3, 0.4) is 0 Å². The SMILES string of the molecule is CC(C)(O)C(=O)c1ccc(OCCO[C@@H]2O[C@H](CO)[C@@H](O[C@@H]3O[C@H](CO)[C@@H](O)[C@H](O)[C@H]3O)[C@H](O)[C@H]2O)cc1. The molecule has 10 atom stereocenters. The molecule has 14 nitrogen and oxygen atoms in total. The molecular weight excluding hydrogens is 512 g/mol. The molecule has 2 aliphatic heterocycles. The van der Waals surface area contributed by atoms with E-state index in [1.165, 1.54) is 38.1 Å². The molecule has 0 amide bonds. The molecule has 0 saturated carbocycles. The summed E-state index contributed by atoms with van der Waals surface area (Å²) in [6, 6.07) is 6.08. The number of carbonyl (C=O) groups excluding carboxylic acids is 1. The van der Waals surface area contributed by atoms with Crippen LogP contribution in [0.2, 0.25) is 0 Å². The fourth-order valence-electron chi connectivity index (χ4n) is 4.07. The Kier molecular flexibility index (Phi) is 10.6. The maximum Gasteiger partial charge on any atom is 0.193 e. The molecule has 2 fully saturated rings. The lowest BCUT2D eigenvalue weighted by atomic mass is 9.97. The molecule has 2 aliphatic rings. The first kappa shape index (κ1) is 30.7. The molecule has 1 aromatic rings. The highest BCUT2D eigenvalue weighted by molar-refractivity contribution is 6.01. The lowest BCUT2D eigenvalue weighted by molar-refractivity contribution is -0.359. The zero-order valence-electron chi connectivity index (χ0n) is 20.9. The van der Waals surface area contributed by atoms with Crippen molar-refractivity contribution in [3.05, 3.63) is 29.8 Å². The van der Waals surface area contributed by atoms with Gasteiger partial charge in [-0.05, 0) is 38.1 Å². The van der Waals surface area contributed by atoms with Crippen molar-refractivity contribution in [2.24, 2.45) is 0 Å². The maximum atomic E-state index is 12.1. The largest absolute Gasteiger partial charge is 0.491 e. The van der Waals surface area contributed by atoms with Gasteiger partial charge in [0.25, 0.3) is 0 Å². The van der Waals surface area contributed by atoms with Crippen LogP contribution in [0, 0.1) is 0 Å². The van der Waals surface area contributed by atoms with Gasteiger partial charge < -0.3 is 64.5 Å². The molecule has 38 heavy (non-hydrogen) atoms. The van der Waals surface area contributed by atoms with Gasteiger partial charge in [-0.1, -0.05) is 0 Å². The van der Waals surface area contributed by atoms with E-state index in [1.807, 2.05) is 0 Å².